The van der Waals surface area contributed by atoms with Gasteiger partial charge in [0.15, 0.2) is 0 Å². The van der Waals surface area contributed by atoms with Crippen LogP contribution in [0.4, 0.5) is 13.2 Å². The molecule has 2 aliphatic rings. The highest BCUT2D eigenvalue weighted by molar-refractivity contribution is 5.95. The average molecular weight is 518 g/mol. The van der Waals surface area contributed by atoms with Gasteiger partial charge in [0.2, 0.25) is 5.54 Å². The summed E-state index contributed by atoms with van der Waals surface area (Å²) in [5.41, 5.74) is 4.04. The van der Waals surface area contributed by atoms with Gasteiger partial charge in [-0.3, -0.25) is 9.59 Å². The number of aryl methyl sites for hydroxylation is 1. The molecule has 0 radical (unpaired) electrons. The maximum Gasteiger partial charge on any atom is 0.419 e. The Morgan fingerprint density at radius 3 is 2.32 bits per heavy atom. The molecule has 4 rings (SSSR count). The Balaban J connectivity index is 1.30. The lowest BCUT2D eigenvalue weighted by molar-refractivity contribution is -0.201. The monoisotopic (exact) mass is 517 g/mol. The fourth-order valence-corrected chi connectivity index (χ4v) is 5.49. The second-order valence-corrected chi connectivity index (χ2v) is 10.5. The van der Waals surface area contributed by atoms with E-state index in [1.807, 2.05) is 13.0 Å². The highest BCUT2D eigenvalue weighted by Gasteiger charge is 2.62. The molecular formula is C28H34F3N3O3. The Morgan fingerprint density at radius 1 is 1.11 bits per heavy atom. The van der Waals surface area contributed by atoms with Crippen LogP contribution in [0.15, 0.2) is 48.5 Å². The molecule has 2 aromatic rings. The topological polar surface area (TPSA) is 75.9 Å². The first kappa shape index (κ1) is 27.0. The summed E-state index contributed by atoms with van der Waals surface area (Å²) in [7, 11) is 3.42. The second kappa shape index (κ2) is 10.0. The van der Waals surface area contributed by atoms with E-state index in [1.54, 1.807) is 32.3 Å². The first-order valence-corrected chi connectivity index (χ1v) is 12.5. The molecule has 9 heteroatoms. The molecule has 1 saturated heterocycles. The van der Waals surface area contributed by atoms with Crippen LogP contribution in [0.2, 0.25) is 0 Å². The molecule has 1 aliphatic carbocycles. The number of amides is 2. The molecule has 2 atom stereocenters. The van der Waals surface area contributed by atoms with Crippen molar-refractivity contribution in [2.45, 2.75) is 44.3 Å². The maximum absolute atomic E-state index is 14.0. The van der Waals surface area contributed by atoms with E-state index in [2.05, 4.69) is 0 Å². The van der Waals surface area contributed by atoms with Gasteiger partial charge in [0.25, 0.3) is 11.8 Å². The molecule has 37 heavy (non-hydrogen) atoms. The molecule has 0 bridgehead atoms. The number of carbonyl (C=O) groups excluding carboxylic acids is 2. The van der Waals surface area contributed by atoms with Crippen LogP contribution in [0.3, 0.4) is 0 Å². The van der Waals surface area contributed by atoms with Gasteiger partial charge in [0.1, 0.15) is 5.75 Å². The Labute approximate surface area is 215 Å². The van der Waals surface area contributed by atoms with Gasteiger partial charge >= 0.3 is 6.18 Å². The third-order valence-electron chi connectivity index (χ3n) is 7.99. The Morgan fingerprint density at radius 2 is 1.76 bits per heavy atom. The van der Waals surface area contributed by atoms with Crippen molar-refractivity contribution in [3.63, 3.8) is 0 Å². The van der Waals surface area contributed by atoms with Crippen LogP contribution >= 0.6 is 0 Å². The van der Waals surface area contributed by atoms with Gasteiger partial charge in [-0.05, 0) is 73.3 Å². The molecule has 2 N–H and O–H groups in total. The van der Waals surface area contributed by atoms with Crippen LogP contribution in [0.1, 0.15) is 47.2 Å². The first-order valence-electron chi connectivity index (χ1n) is 12.5. The highest BCUT2D eigenvalue weighted by Crippen LogP contribution is 2.61. The minimum absolute atomic E-state index is 0.0558. The van der Waals surface area contributed by atoms with Gasteiger partial charge < -0.3 is 20.3 Å². The van der Waals surface area contributed by atoms with E-state index in [9.17, 15) is 22.8 Å². The van der Waals surface area contributed by atoms with E-state index in [0.717, 1.165) is 18.4 Å². The van der Waals surface area contributed by atoms with Crippen LogP contribution in [0, 0.1) is 18.3 Å². The Kier molecular flexibility index (Phi) is 7.29. The molecule has 6 nitrogen and oxygen atoms in total. The average Bonchev–Trinajstić information content (AvgIpc) is 3.53. The molecule has 2 fully saturated rings. The number of carbonyl (C=O) groups is 2. The van der Waals surface area contributed by atoms with Crippen molar-refractivity contribution < 1.29 is 27.5 Å². The molecule has 2 aromatic carbocycles. The summed E-state index contributed by atoms with van der Waals surface area (Å²) in [6.07, 6.45) is -1.77. The number of nitrogens with zero attached hydrogens (tertiary/aromatic N) is 2. The smallest absolute Gasteiger partial charge is 0.419 e. The van der Waals surface area contributed by atoms with Gasteiger partial charge in [-0.2, -0.15) is 13.2 Å². The highest BCUT2D eigenvalue weighted by atomic mass is 19.4. The van der Waals surface area contributed by atoms with Crippen molar-refractivity contribution in [1.82, 2.24) is 9.80 Å². The van der Waals surface area contributed by atoms with Gasteiger partial charge in [-0.25, -0.2) is 0 Å². The first-order chi connectivity index (χ1) is 17.4. The largest absolute Gasteiger partial charge is 0.494 e. The van der Waals surface area contributed by atoms with Crippen molar-refractivity contribution in [2.75, 3.05) is 33.8 Å². The molecule has 0 unspecified atom stereocenters. The molecule has 1 aliphatic heterocycles. The van der Waals surface area contributed by atoms with Gasteiger partial charge in [0, 0.05) is 32.7 Å². The fourth-order valence-electron chi connectivity index (χ4n) is 5.49. The summed E-state index contributed by atoms with van der Waals surface area (Å²) in [5.74, 6) is -0.0251. The normalized spacial score (nSPS) is 20.3. The lowest BCUT2D eigenvalue weighted by Gasteiger charge is -2.39. The zero-order chi connectivity index (χ0) is 27.0. The third kappa shape index (κ3) is 5.19. The molecular weight excluding hydrogens is 483 g/mol. The van der Waals surface area contributed by atoms with Crippen molar-refractivity contribution in [2.24, 2.45) is 17.1 Å². The minimum atomic E-state index is -4.91. The summed E-state index contributed by atoms with van der Waals surface area (Å²) in [4.78, 5) is 28.1. The number of nitrogens with two attached hydrogens (primary N) is 1. The number of alkyl halides is 3. The lowest BCUT2D eigenvalue weighted by Crippen LogP contribution is -2.62. The van der Waals surface area contributed by atoms with Crippen LogP contribution in [-0.2, 0) is 10.3 Å². The number of piperidine rings is 1. The molecule has 2 amide bonds. The van der Waals surface area contributed by atoms with E-state index < -0.39 is 17.6 Å². The van der Waals surface area contributed by atoms with Gasteiger partial charge in [-0.15, -0.1) is 0 Å². The number of likely N-dealkylation sites (tertiary alicyclic amines) is 1. The third-order valence-corrected chi connectivity index (χ3v) is 7.99. The van der Waals surface area contributed by atoms with Crippen molar-refractivity contribution in [3.8, 4) is 5.75 Å². The summed E-state index contributed by atoms with van der Waals surface area (Å²) in [6, 6.07) is 12.4. The standard InChI is InChI=1S/C28H34F3N3O3/c1-19-17-22(9-10-23(19)24(35)33(2)3)37-16-11-21-18-26(21)12-14-34(15-13-26)25(36)27(32,28(29,30)31)20-7-5-4-6-8-20/h4-10,17,21H,11-16,18,32H2,1-3H3/t21-,27+/m0/s1. The summed E-state index contributed by atoms with van der Waals surface area (Å²) in [6.45, 7) is 2.92. The van der Waals surface area contributed by atoms with Crippen LogP contribution < -0.4 is 10.5 Å². The molecule has 200 valence electrons. The van der Waals surface area contributed by atoms with E-state index in [1.165, 1.54) is 34.1 Å². The number of ether oxygens (including phenoxy) is 1. The van der Waals surface area contributed by atoms with E-state index in [0.29, 0.717) is 36.7 Å². The summed E-state index contributed by atoms with van der Waals surface area (Å²) in [5, 5.41) is 0. The van der Waals surface area contributed by atoms with Crippen molar-refractivity contribution >= 4 is 11.8 Å². The van der Waals surface area contributed by atoms with E-state index in [4.69, 9.17) is 10.5 Å². The fraction of sp³-hybridized carbons (Fsp3) is 0.500. The SMILES string of the molecule is Cc1cc(OCC[C@H]2CC23CCN(C(=O)[C@](N)(c2ccccc2)C(F)(F)F)CC3)ccc1C(=O)N(C)C. The molecule has 1 spiro atoms. The molecule has 1 heterocycles. The second-order valence-electron chi connectivity index (χ2n) is 10.5. The number of rotatable bonds is 7. The van der Waals surface area contributed by atoms with Crippen molar-refractivity contribution in [1.29, 1.82) is 0 Å². The number of benzene rings is 2. The Bertz CT molecular complexity index is 1140. The number of hydrogen-bond donors (Lipinski definition) is 1. The predicted molar refractivity (Wildman–Crippen MR) is 134 cm³/mol. The van der Waals surface area contributed by atoms with Crippen LogP contribution in [0.25, 0.3) is 0 Å². The van der Waals surface area contributed by atoms with Gasteiger partial charge in [-0.1, -0.05) is 30.3 Å². The number of hydrogen-bond acceptors (Lipinski definition) is 4. The van der Waals surface area contributed by atoms with Crippen molar-refractivity contribution in [3.05, 3.63) is 65.2 Å². The predicted octanol–water partition coefficient (Wildman–Crippen LogP) is 4.51. The zero-order valence-corrected chi connectivity index (χ0v) is 21.5. The van der Waals surface area contributed by atoms with E-state index in [-0.39, 0.29) is 30.0 Å². The van der Waals surface area contributed by atoms with Crippen LogP contribution in [-0.4, -0.2) is 61.6 Å². The number of halogens is 3. The lowest BCUT2D eigenvalue weighted by atomic mass is 9.85. The molecule has 1 saturated carbocycles. The Hall–Kier alpha value is -3.07. The van der Waals surface area contributed by atoms with Gasteiger partial charge in [0.05, 0.1) is 6.61 Å². The van der Waals surface area contributed by atoms with Crippen LogP contribution in [0.5, 0.6) is 5.75 Å². The maximum atomic E-state index is 14.0. The quantitative estimate of drug-likeness (QED) is 0.587. The zero-order valence-electron chi connectivity index (χ0n) is 21.5. The minimum Gasteiger partial charge on any atom is -0.494 e. The summed E-state index contributed by atoms with van der Waals surface area (Å²) < 4.78 is 48.0. The summed E-state index contributed by atoms with van der Waals surface area (Å²) >= 11 is 0. The van der Waals surface area contributed by atoms with E-state index >= 15 is 0 Å². The molecule has 0 aromatic heterocycles.